The number of hydrogen-bond donors (Lipinski definition) is 6. The predicted molar refractivity (Wildman–Crippen MR) is 136 cm³/mol. The van der Waals surface area contributed by atoms with Crippen molar-refractivity contribution in [2.45, 2.75) is 37.2 Å². The van der Waals surface area contributed by atoms with Crippen LogP contribution in [0.3, 0.4) is 0 Å². The normalized spacial score (nSPS) is 26.6. The summed E-state index contributed by atoms with van der Waals surface area (Å²) in [7, 11) is 6.33. The van der Waals surface area contributed by atoms with Crippen molar-refractivity contribution in [2.24, 2.45) is 17.6 Å². The Morgan fingerprint density at radius 3 is 2.33 bits per heavy atom. The molecule has 0 aliphatic heterocycles. The second-order valence-electron chi connectivity index (χ2n) is 10.8. The molecule has 1 saturated carbocycles. The summed E-state index contributed by atoms with van der Waals surface area (Å²) in [4.78, 5) is 42.2. The summed E-state index contributed by atoms with van der Waals surface area (Å²) < 4.78 is 38.1. The third-order valence-electron chi connectivity index (χ3n) is 7.90. The number of fused-ring (bicyclic) bond motifs is 3. The molecule has 3 aliphatic carbocycles. The fraction of sp³-hybridized carbons (Fsp3) is 0.500. The molecular formula is C26H31F3N4O7. The molecule has 4 atom stereocenters. The average Bonchev–Trinajstić information content (AvgIpc) is 2.81. The van der Waals surface area contributed by atoms with Crippen molar-refractivity contribution >= 4 is 28.9 Å². The third kappa shape index (κ3) is 4.39. The number of phenols is 1. The van der Waals surface area contributed by atoms with Crippen LogP contribution in [-0.2, 0) is 27.3 Å². The third-order valence-corrected chi connectivity index (χ3v) is 7.90. The van der Waals surface area contributed by atoms with Gasteiger partial charge in [-0.25, -0.2) is 0 Å². The molecule has 0 radical (unpaired) electrons. The van der Waals surface area contributed by atoms with Gasteiger partial charge in [0.15, 0.2) is 11.4 Å². The lowest BCUT2D eigenvalue weighted by Gasteiger charge is -2.50. The largest absolute Gasteiger partial charge is 0.508 e. The Morgan fingerprint density at radius 2 is 1.80 bits per heavy atom. The van der Waals surface area contributed by atoms with E-state index in [0.717, 1.165) is 0 Å². The molecule has 1 aromatic carbocycles. The number of Topliss-reactive ketones (excluding diaryl/α,β-unsaturated/α-hetero) is 2. The number of carbonyl (C=O) groups is 3. The van der Waals surface area contributed by atoms with Crippen molar-refractivity contribution in [3.05, 3.63) is 39.7 Å². The Morgan fingerprint density at radius 1 is 1.18 bits per heavy atom. The first-order valence-corrected chi connectivity index (χ1v) is 12.4. The number of nitrogens with one attached hydrogen (secondary N) is 1. The second-order valence-corrected chi connectivity index (χ2v) is 10.8. The summed E-state index contributed by atoms with van der Waals surface area (Å²) in [6.07, 6.45) is -4.52. The highest BCUT2D eigenvalue weighted by atomic mass is 19.4. The van der Waals surface area contributed by atoms with Crippen molar-refractivity contribution < 1.29 is 48.0 Å². The standard InChI is InChI=1S/C26H31F3N4O7/c1-32(2)14-7-11(8-31-9-25(27,28)29)19(34)16-12(14)5-10-6-13-18(33(3)4)21(36)17(24(30)39)23(38)26(13,40)22(37)15(10)20(16)35/h7,10,13,18,31,34-35,38,40H,5-6,8-9H2,1-4H3,(H2,30,39)/t10-,13-,18-,26-/m0/s1. The van der Waals surface area contributed by atoms with Gasteiger partial charge < -0.3 is 36.4 Å². The van der Waals surface area contributed by atoms with Gasteiger partial charge in [-0.1, -0.05) is 0 Å². The topological polar surface area (TPSA) is 177 Å². The minimum Gasteiger partial charge on any atom is -0.508 e. The van der Waals surface area contributed by atoms with E-state index in [2.05, 4.69) is 5.32 Å². The van der Waals surface area contributed by atoms with Crippen LogP contribution in [-0.4, -0.2) is 95.4 Å². The van der Waals surface area contributed by atoms with Crippen molar-refractivity contribution in [1.82, 2.24) is 10.2 Å². The van der Waals surface area contributed by atoms with E-state index in [1.165, 1.54) is 25.1 Å². The average molecular weight is 569 g/mol. The van der Waals surface area contributed by atoms with E-state index in [9.17, 15) is 48.0 Å². The SMILES string of the molecule is CN(C)c1cc(CNCC(F)(F)F)c(O)c2c1C[C@H]1C[C@H]3[C@H](N(C)C)C(=O)C(C(N)=O)=C(O)[C@@]3(O)C(=O)C1=C2O. The predicted octanol–water partition coefficient (Wildman–Crippen LogP) is 0.682. The molecule has 0 bridgehead atoms. The Labute approximate surface area is 227 Å². The summed E-state index contributed by atoms with van der Waals surface area (Å²) in [6, 6.07) is 0.276. The second kappa shape index (κ2) is 9.78. The summed E-state index contributed by atoms with van der Waals surface area (Å²) in [5, 5.41) is 47.2. The minimum absolute atomic E-state index is 0.0202. The van der Waals surface area contributed by atoms with Crippen LogP contribution in [0.4, 0.5) is 18.9 Å². The molecule has 3 aliphatic rings. The monoisotopic (exact) mass is 568 g/mol. The number of carbonyl (C=O) groups excluding carboxylic acids is 3. The highest BCUT2D eigenvalue weighted by Gasteiger charge is 2.64. The number of phenolic OH excluding ortho intramolecular Hbond substituents is 1. The first-order valence-electron chi connectivity index (χ1n) is 12.4. The van der Waals surface area contributed by atoms with Gasteiger partial charge in [0.2, 0.25) is 5.78 Å². The van der Waals surface area contributed by atoms with Crippen LogP contribution in [0.5, 0.6) is 5.75 Å². The highest BCUT2D eigenvalue weighted by molar-refractivity contribution is 6.24. The number of nitrogens with two attached hydrogens (primary N) is 1. The van der Waals surface area contributed by atoms with Crippen LogP contribution in [0.15, 0.2) is 23.0 Å². The molecule has 218 valence electrons. The van der Waals surface area contributed by atoms with Gasteiger partial charge in [0.25, 0.3) is 5.91 Å². The number of aromatic hydroxyl groups is 1. The van der Waals surface area contributed by atoms with Gasteiger partial charge in [0, 0.05) is 43.4 Å². The van der Waals surface area contributed by atoms with Crippen molar-refractivity contribution in [1.29, 1.82) is 0 Å². The van der Waals surface area contributed by atoms with E-state index < -0.39 is 83.1 Å². The van der Waals surface area contributed by atoms with E-state index in [4.69, 9.17) is 5.73 Å². The molecule has 0 heterocycles. The molecule has 11 nitrogen and oxygen atoms in total. The van der Waals surface area contributed by atoms with Crippen LogP contribution in [0.25, 0.3) is 5.76 Å². The molecule has 1 aromatic rings. The van der Waals surface area contributed by atoms with Crippen LogP contribution in [0, 0.1) is 11.8 Å². The number of likely N-dealkylation sites (N-methyl/N-ethyl adjacent to an activating group) is 1. The number of hydrogen-bond acceptors (Lipinski definition) is 10. The lowest BCUT2D eigenvalue weighted by atomic mass is 9.57. The fourth-order valence-electron chi connectivity index (χ4n) is 6.22. The van der Waals surface area contributed by atoms with Crippen LogP contribution >= 0.6 is 0 Å². The van der Waals surface area contributed by atoms with Gasteiger partial charge >= 0.3 is 6.18 Å². The fourth-order valence-corrected chi connectivity index (χ4v) is 6.22. The van der Waals surface area contributed by atoms with Crippen molar-refractivity contribution in [3.8, 4) is 5.75 Å². The number of aliphatic hydroxyl groups excluding tert-OH is 2. The van der Waals surface area contributed by atoms with Crippen LogP contribution in [0.2, 0.25) is 0 Å². The zero-order chi connectivity index (χ0) is 30.1. The first-order chi connectivity index (χ1) is 18.4. The van der Waals surface area contributed by atoms with Gasteiger partial charge in [0.1, 0.15) is 22.8 Å². The van der Waals surface area contributed by atoms with Crippen LogP contribution < -0.4 is 16.0 Å². The van der Waals surface area contributed by atoms with E-state index in [-0.39, 0.29) is 29.5 Å². The molecule has 14 heteroatoms. The molecule has 0 unspecified atom stereocenters. The first kappa shape index (κ1) is 29.4. The Hall–Kier alpha value is -3.62. The molecule has 0 saturated heterocycles. The number of ketones is 2. The maximum absolute atomic E-state index is 13.9. The number of primary amides is 1. The maximum Gasteiger partial charge on any atom is 0.401 e. The molecule has 0 aromatic heterocycles. The lowest BCUT2D eigenvalue weighted by molar-refractivity contribution is -0.153. The van der Waals surface area contributed by atoms with Crippen molar-refractivity contribution in [3.63, 3.8) is 0 Å². The summed E-state index contributed by atoms with van der Waals surface area (Å²) in [5.74, 6) is -7.81. The van der Waals surface area contributed by atoms with Crippen LogP contribution in [0.1, 0.15) is 23.1 Å². The summed E-state index contributed by atoms with van der Waals surface area (Å²) >= 11 is 0. The van der Waals surface area contributed by atoms with Gasteiger partial charge in [-0.15, -0.1) is 0 Å². The highest BCUT2D eigenvalue weighted by Crippen LogP contribution is 2.54. The number of alkyl halides is 3. The number of benzene rings is 1. The number of halogens is 3. The summed E-state index contributed by atoms with van der Waals surface area (Å²) in [6.45, 7) is -1.74. The molecule has 40 heavy (non-hydrogen) atoms. The van der Waals surface area contributed by atoms with E-state index in [1.807, 2.05) is 0 Å². The van der Waals surface area contributed by atoms with Gasteiger partial charge in [0.05, 0.1) is 18.2 Å². The number of aliphatic hydroxyl groups is 3. The molecule has 4 rings (SSSR count). The number of rotatable bonds is 6. The van der Waals surface area contributed by atoms with Crippen molar-refractivity contribution in [2.75, 3.05) is 39.6 Å². The molecular weight excluding hydrogens is 537 g/mol. The minimum atomic E-state index is -4.50. The Bertz CT molecular complexity index is 1370. The molecule has 1 amide bonds. The smallest absolute Gasteiger partial charge is 0.401 e. The molecule has 0 spiro atoms. The zero-order valence-electron chi connectivity index (χ0n) is 22.3. The van der Waals surface area contributed by atoms with E-state index in [0.29, 0.717) is 11.3 Å². The Kier molecular flexibility index (Phi) is 7.18. The van der Waals surface area contributed by atoms with Gasteiger partial charge in [-0.05, 0) is 44.5 Å². The molecule has 1 fully saturated rings. The van der Waals surface area contributed by atoms with Gasteiger partial charge in [-0.2, -0.15) is 13.2 Å². The van der Waals surface area contributed by atoms with E-state index in [1.54, 1.807) is 19.0 Å². The number of anilines is 1. The molecule has 7 N–H and O–H groups in total. The van der Waals surface area contributed by atoms with Gasteiger partial charge in [-0.3, -0.25) is 19.3 Å². The number of amides is 1. The summed E-state index contributed by atoms with van der Waals surface area (Å²) in [5.41, 5.74) is 1.98. The van der Waals surface area contributed by atoms with E-state index >= 15 is 0 Å². The maximum atomic E-state index is 13.9. The zero-order valence-corrected chi connectivity index (χ0v) is 22.3. The lowest BCUT2D eigenvalue weighted by Crippen LogP contribution is -2.65. The Balaban J connectivity index is 1.91. The number of nitrogens with zero attached hydrogens (tertiary/aromatic N) is 2. The quantitative estimate of drug-likeness (QED) is 0.268.